The molecule has 1 heterocycles. The van der Waals surface area contributed by atoms with Crippen LogP contribution in [0.5, 0.6) is 0 Å². The van der Waals surface area contributed by atoms with Crippen molar-refractivity contribution in [3.8, 4) is 0 Å². The SMILES string of the molecule is CCN(Cc1cccs1)C(=O)Cc1ccc(Cl)cc1. The van der Waals surface area contributed by atoms with Crippen molar-refractivity contribution in [3.05, 3.63) is 57.2 Å². The van der Waals surface area contributed by atoms with Gasteiger partial charge >= 0.3 is 0 Å². The zero-order chi connectivity index (χ0) is 13.7. The van der Waals surface area contributed by atoms with Gasteiger partial charge in [-0.1, -0.05) is 29.8 Å². The van der Waals surface area contributed by atoms with Crippen LogP contribution >= 0.6 is 22.9 Å². The van der Waals surface area contributed by atoms with Gasteiger partial charge in [0.1, 0.15) is 0 Å². The number of likely N-dealkylation sites (N-methyl/N-ethyl adjacent to an activating group) is 1. The first-order valence-electron chi connectivity index (χ1n) is 6.23. The van der Waals surface area contributed by atoms with E-state index < -0.39 is 0 Å². The maximum Gasteiger partial charge on any atom is 0.227 e. The van der Waals surface area contributed by atoms with Gasteiger partial charge < -0.3 is 4.90 Å². The number of hydrogen-bond acceptors (Lipinski definition) is 2. The van der Waals surface area contributed by atoms with Gasteiger partial charge in [0, 0.05) is 16.4 Å². The van der Waals surface area contributed by atoms with Gasteiger partial charge in [0.05, 0.1) is 13.0 Å². The Kier molecular flexibility index (Phi) is 5.00. The van der Waals surface area contributed by atoms with Gasteiger partial charge in [0.2, 0.25) is 5.91 Å². The quantitative estimate of drug-likeness (QED) is 0.816. The molecule has 0 aliphatic heterocycles. The number of carbonyl (C=O) groups is 1. The molecule has 1 amide bonds. The summed E-state index contributed by atoms with van der Waals surface area (Å²) in [4.78, 5) is 15.3. The van der Waals surface area contributed by atoms with Crippen molar-refractivity contribution in [2.75, 3.05) is 6.54 Å². The molecule has 4 heteroatoms. The van der Waals surface area contributed by atoms with Crippen molar-refractivity contribution in [2.24, 2.45) is 0 Å². The summed E-state index contributed by atoms with van der Waals surface area (Å²) in [6, 6.07) is 11.5. The second kappa shape index (κ2) is 6.73. The highest BCUT2D eigenvalue weighted by Crippen LogP contribution is 2.14. The number of benzene rings is 1. The van der Waals surface area contributed by atoms with Crippen molar-refractivity contribution >= 4 is 28.8 Å². The highest BCUT2D eigenvalue weighted by atomic mass is 35.5. The number of thiophene rings is 1. The Balaban J connectivity index is 1.98. The standard InChI is InChI=1S/C15H16ClNOS/c1-2-17(11-14-4-3-9-19-14)15(18)10-12-5-7-13(16)8-6-12/h3-9H,2,10-11H2,1H3. The Morgan fingerprint density at radius 3 is 2.58 bits per heavy atom. The molecule has 19 heavy (non-hydrogen) atoms. The van der Waals surface area contributed by atoms with E-state index in [1.54, 1.807) is 11.3 Å². The molecule has 0 aliphatic rings. The van der Waals surface area contributed by atoms with E-state index in [1.165, 1.54) is 4.88 Å². The van der Waals surface area contributed by atoms with Crippen molar-refractivity contribution in [3.63, 3.8) is 0 Å². The first kappa shape index (κ1) is 14.1. The van der Waals surface area contributed by atoms with E-state index in [0.717, 1.165) is 12.1 Å². The molecule has 0 spiro atoms. The Bertz CT molecular complexity index is 522. The van der Waals surface area contributed by atoms with E-state index in [2.05, 4.69) is 6.07 Å². The number of carbonyl (C=O) groups excluding carboxylic acids is 1. The Labute approximate surface area is 122 Å². The lowest BCUT2D eigenvalue weighted by molar-refractivity contribution is -0.130. The average Bonchev–Trinajstić information content (AvgIpc) is 2.91. The molecule has 0 unspecified atom stereocenters. The van der Waals surface area contributed by atoms with Crippen molar-refractivity contribution in [2.45, 2.75) is 19.9 Å². The molecule has 1 aromatic heterocycles. The average molecular weight is 294 g/mol. The topological polar surface area (TPSA) is 20.3 Å². The normalized spacial score (nSPS) is 10.4. The monoisotopic (exact) mass is 293 g/mol. The maximum atomic E-state index is 12.3. The zero-order valence-corrected chi connectivity index (χ0v) is 12.4. The number of hydrogen-bond donors (Lipinski definition) is 0. The summed E-state index contributed by atoms with van der Waals surface area (Å²) in [7, 11) is 0. The van der Waals surface area contributed by atoms with Crippen LogP contribution in [-0.2, 0) is 17.8 Å². The summed E-state index contributed by atoms with van der Waals surface area (Å²) in [5.41, 5.74) is 0.999. The molecule has 0 saturated carbocycles. The number of halogens is 1. The second-order valence-electron chi connectivity index (χ2n) is 4.29. The minimum Gasteiger partial charge on any atom is -0.338 e. The fraction of sp³-hybridized carbons (Fsp3) is 0.267. The van der Waals surface area contributed by atoms with Crippen molar-refractivity contribution in [1.82, 2.24) is 4.90 Å². The fourth-order valence-electron chi connectivity index (χ4n) is 1.86. The van der Waals surface area contributed by atoms with Crippen LogP contribution in [0.25, 0.3) is 0 Å². The molecule has 0 atom stereocenters. The third-order valence-electron chi connectivity index (χ3n) is 2.93. The van der Waals surface area contributed by atoms with Crippen molar-refractivity contribution in [1.29, 1.82) is 0 Å². The minimum absolute atomic E-state index is 0.151. The number of amides is 1. The molecule has 0 aliphatic carbocycles. The van der Waals surface area contributed by atoms with Crippen LogP contribution in [0.15, 0.2) is 41.8 Å². The van der Waals surface area contributed by atoms with Gasteiger partial charge in [0.25, 0.3) is 0 Å². The van der Waals surface area contributed by atoms with E-state index in [1.807, 2.05) is 47.5 Å². The molecule has 2 aromatic rings. The van der Waals surface area contributed by atoms with Gasteiger partial charge in [-0.2, -0.15) is 0 Å². The Morgan fingerprint density at radius 1 is 1.26 bits per heavy atom. The first-order chi connectivity index (χ1) is 9.19. The molecule has 2 rings (SSSR count). The maximum absolute atomic E-state index is 12.3. The highest BCUT2D eigenvalue weighted by Gasteiger charge is 2.13. The van der Waals surface area contributed by atoms with Gasteiger partial charge in [-0.3, -0.25) is 4.79 Å². The van der Waals surface area contributed by atoms with Crippen LogP contribution < -0.4 is 0 Å². The van der Waals surface area contributed by atoms with Crippen LogP contribution in [0, 0.1) is 0 Å². The predicted octanol–water partition coefficient (Wildman–Crippen LogP) is 3.99. The molecule has 0 fully saturated rings. The minimum atomic E-state index is 0.151. The summed E-state index contributed by atoms with van der Waals surface area (Å²) in [6.07, 6.45) is 0.427. The van der Waals surface area contributed by atoms with Crippen LogP contribution in [-0.4, -0.2) is 17.4 Å². The summed E-state index contributed by atoms with van der Waals surface area (Å²) in [6.45, 7) is 3.43. The van der Waals surface area contributed by atoms with Crippen LogP contribution in [0.1, 0.15) is 17.4 Å². The largest absolute Gasteiger partial charge is 0.338 e. The van der Waals surface area contributed by atoms with E-state index in [0.29, 0.717) is 18.0 Å². The molecule has 2 nitrogen and oxygen atoms in total. The molecule has 0 saturated heterocycles. The van der Waals surface area contributed by atoms with E-state index in [-0.39, 0.29) is 5.91 Å². The highest BCUT2D eigenvalue weighted by molar-refractivity contribution is 7.09. The first-order valence-corrected chi connectivity index (χ1v) is 7.49. The van der Waals surface area contributed by atoms with Gasteiger partial charge in [-0.25, -0.2) is 0 Å². The van der Waals surface area contributed by atoms with Crippen LogP contribution in [0.3, 0.4) is 0 Å². The lowest BCUT2D eigenvalue weighted by atomic mass is 10.1. The lowest BCUT2D eigenvalue weighted by Crippen LogP contribution is -2.31. The van der Waals surface area contributed by atoms with Crippen LogP contribution in [0.2, 0.25) is 5.02 Å². The van der Waals surface area contributed by atoms with E-state index >= 15 is 0 Å². The number of rotatable bonds is 5. The smallest absolute Gasteiger partial charge is 0.227 e. The van der Waals surface area contributed by atoms with Crippen LogP contribution in [0.4, 0.5) is 0 Å². The third kappa shape index (κ3) is 4.08. The molecular weight excluding hydrogens is 278 g/mol. The second-order valence-corrected chi connectivity index (χ2v) is 5.76. The molecule has 0 bridgehead atoms. The van der Waals surface area contributed by atoms with E-state index in [9.17, 15) is 4.79 Å². The van der Waals surface area contributed by atoms with Gasteiger partial charge in [-0.15, -0.1) is 11.3 Å². The van der Waals surface area contributed by atoms with Gasteiger partial charge in [-0.05, 0) is 36.1 Å². The predicted molar refractivity (Wildman–Crippen MR) is 80.6 cm³/mol. The Morgan fingerprint density at radius 2 is 2.00 bits per heavy atom. The van der Waals surface area contributed by atoms with Gasteiger partial charge in [0.15, 0.2) is 0 Å². The molecule has 100 valence electrons. The molecule has 0 N–H and O–H groups in total. The summed E-state index contributed by atoms with van der Waals surface area (Å²) < 4.78 is 0. The Hall–Kier alpha value is -1.32. The zero-order valence-electron chi connectivity index (χ0n) is 10.8. The summed E-state index contributed by atoms with van der Waals surface area (Å²) in [5, 5.41) is 2.73. The van der Waals surface area contributed by atoms with Crippen molar-refractivity contribution < 1.29 is 4.79 Å². The third-order valence-corrected chi connectivity index (χ3v) is 4.04. The van der Waals surface area contributed by atoms with E-state index in [4.69, 9.17) is 11.6 Å². The fourth-order valence-corrected chi connectivity index (χ4v) is 2.70. The number of nitrogens with zero attached hydrogens (tertiary/aromatic N) is 1. The lowest BCUT2D eigenvalue weighted by Gasteiger charge is -2.20. The molecular formula is C15H16ClNOS. The summed E-state index contributed by atoms with van der Waals surface area (Å²) in [5.74, 6) is 0.151. The molecule has 0 radical (unpaired) electrons. The molecule has 1 aromatic carbocycles. The summed E-state index contributed by atoms with van der Waals surface area (Å²) >= 11 is 7.52.